The molecule has 1 fully saturated rings. The van der Waals surface area contributed by atoms with Crippen molar-refractivity contribution in [1.82, 2.24) is 29.8 Å². The maximum Gasteiger partial charge on any atom is 0.258 e. The van der Waals surface area contributed by atoms with Crippen molar-refractivity contribution in [3.63, 3.8) is 0 Å². The molecule has 5 rings (SSSR count). The van der Waals surface area contributed by atoms with Gasteiger partial charge in [-0.05, 0) is 52.8 Å². The van der Waals surface area contributed by atoms with Crippen LogP contribution in [0.25, 0.3) is 22.2 Å². The molecule has 39 heavy (non-hydrogen) atoms. The molecule has 1 aromatic carbocycles. The van der Waals surface area contributed by atoms with Crippen molar-refractivity contribution in [3.05, 3.63) is 60.7 Å². The van der Waals surface area contributed by atoms with E-state index < -0.39 is 0 Å². The first kappa shape index (κ1) is 26.4. The summed E-state index contributed by atoms with van der Waals surface area (Å²) in [5.41, 5.74) is 2.69. The number of aromatic nitrogens is 5. The average molecular weight is 526 g/mol. The number of fused-ring (bicyclic) bond motifs is 1. The summed E-state index contributed by atoms with van der Waals surface area (Å²) in [6.07, 6.45) is 6.82. The second kappa shape index (κ2) is 10.9. The molecule has 3 aromatic heterocycles. The van der Waals surface area contributed by atoms with Crippen molar-refractivity contribution in [2.24, 2.45) is 0 Å². The molecular formula is C29H35N9O. The largest absolute Gasteiger partial charge is 0.364 e. The zero-order valence-electron chi connectivity index (χ0n) is 23.1. The number of piperazine rings is 1. The van der Waals surface area contributed by atoms with E-state index >= 15 is 0 Å². The van der Waals surface area contributed by atoms with E-state index in [1.165, 1.54) is 0 Å². The molecule has 1 amide bonds. The molecule has 4 aromatic rings. The first-order chi connectivity index (χ1) is 18.6. The molecule has 10 heteroatoms. The van der Waals surface area contributed by atoms with E-state index in [1.54, 1.807) is 30.9 Å². The summed E-state index contributed by atoms with van der Waals surface area (Å²) in [7, 11) is 0. The van der Waals surface area contributed by atoms with Crippen LogP contribution in [0.15, 0.2) is 55.1 Å². The predicted octanol–water partition coefficient (Wildman–Crippen LogP) is 4.47. The van der Waals surface area contributed by atoms with Gasteiger partial charge in [0.2, 0.25) is 5.95 Å². The Bertz CT molecular complexity index is 1470. The van der Waals surface area contributed by atoms with E-state index in [4.69, 9.17) is 4.98 Å². The van der Waals surface area contributed by atoms with Crippen LogP contribution in [-0.2, 0) is 0 Å². The van der Waals surface area contributed by atoms with Crippen LogP contribution < -0.4 is 15.5 Å². The van der Waals surface area contributed by atoms with E-state index in [0.29, 0.717) is 22.9 Å². The fourth-order valence-corrected chi connectivity index (χ4v) is 4.57. The van der Waals surface area contributed by atoms with Gasteiger partial charge in [-0.25, -0.2) is 19.9 Å². The number of pyridine rings is 1. The summed E-state index contributed by atoms with van der Waals surface area (Å²) >= 11 is 0. The maximum absolute atomic E-state index is 13.1. The van der Waals surface area contributed by atoms with Crippen LogP contribution in [0.2, 0.25) is 0 Å². The molecule has 0 unspecified atom stereocenters. The van der Waals surface area contributed by atoms with E-state index in [1.807, 2.05) is 24.3 Å². The fourth-order valence-electron chi connectivity index (χ4n) is 4.57. The third kappa shape index (κ3) is 6.46. The molecule has 0 radical (unpaired) electrons. The number of hydrogen-bond acceptors (Lipinski definition) is 9. The van der Waals surface area contributed by atoms with Crippen molar-refractivity contribution >= 4 is 34.4 Å². The molecule has 0 spiro atoms. The van der Waals surface area contributed by atoms with Gasteiger partial charge in [0.1, 0.15) is 11.6 Å². The third-order valence-electron chi connectivity index (χ3n) is 6.62. The third-order valence-corrected chi connectivity index (χ3v) is 6.62. The summed E-state index contributed by atoms with van der Waals surface area (Å²) < 4.78 is 0. The van der Waals surface area contributed by atoms with Crippen LogP contribution in [0.4, 0.5) is 17.6 Å². The molecule has 0 atom stereocenters. The number of rotatable bonds is 6. The highest BCUT2D eigenvalue weighted by Crippen LogP contribution is 2.24. The lowest BCUT2D eigenvalue weighted by molar-refractivity contribution is 0.102. The number of carbonyl (C=O) groups is 1. The monoisotopic (exact) mass is 525 g/mol. The van der Waals surface area contributed by atoms with Crippen molar-refractivity contribution < 1.29 is 4.79 Å². The van der Waals surface area contributed by atoms with E-state index in [0.717, 1.165) is 48.6 Å². The minimum atomic E-state index is -0.276. The summed E-state index contributed by atoms with van der Waals surface area (Å²) in [5.74, 6) is 1.47. The van der Waals surface area contributed by atoms with Gasteiger partial charge in [0.05, 0.1) is 23.6 Å². The van der Waals surface area contributed by atoms with Crippen LogP contribution in [0.1, 0.15) is 45.0 Å². The molecule has 0 bridgehead atoms. The number of carbonyl (C=O) groups excluding carboxylic acids is 1. The zero-order valence-corrected chi connectivity index (χ0v) is 23.1. The van der Waals surface area contributed by atoms with Crippen molar-refractivity contribution in [2.45, 2.75) is 46.2 Å². The molecule has 10 nitrogen and oxygen atoms in total. The summed E-state index contributed by atoms with van der Waals surface area (Å²) in [4.78, 5) is 40.3. The Kier molecular flexibility index (Phi) is 7.38. The Hall–Kier alpha value is -4.18. The molecule has 0 saturated carbocycles. The number of nitrogens with one attached hydrogen (secondary N) is 2. The number of anilines is 3. The smallest absolute Gasteiger partial charge is 0.258 e. The van der Waals surface area contributed by atoms with Gasteiger partial charge >= 0.3 is 0 Å². The van der Waals surface area contributed by atoms with Crippen LogP contribution in [0, 0.1) is 0 Å². The van der Waals surface area contributed by atoms with Gasteiger partial charge in [-0.15, -0.1) is 0 Å². The average Bonchev–Trinajstić information content (AvgIpc) is 2.92. The van der Waals surface area contributed by atoms with Gasteiger partial charge in [0.25, 0.3) is 5.91 Å². The van der Waals surface area contributed by atoms with Crippen LogP contribution in [0.5, 0.6) is 0 Å². The Morgan fingerprint density at radius 3 is 2.49 bits per heavy atom. The Morgan fingerprint density at radius 1 is 0.949 bits per heavy atom. The first-order valence-corrected chi connectivity index (χ1v) is 13.3. The lowest BCUT2D eigenvalue weighted by atomic mass is 10.1. The normalized spacial score (nSPS) is 14.6. The van der Waals surface area contributed by atoms with Crippen LogP contribution in [0.3, 0.4) is 0 Å². The fraction of sp³-hybridized carbons (Fsp3) is 0.379. The Labute approximate surface area is 228 Å². The summed E-state index contributed by atoms with van der Waals surface area (Å²) in [6.45, 7) is 14.4. The van der Waals surface area contributed by atoms with Crippen LogP contribution >= 0.6 is 0 Å². The first-order valence-electron chi connectivity index (χ1n) is 13.3. The molecule has 202 valence electrons. The summed E-state index contributed by atoms with van der Waals surface area (Å²) in [5, 5.41) is 7.05. The van der Waals surface area contributed by atoms with Crippen LogP contribution in [-0.4, -0.2) is 73.5 Å². The van der Waals surface area contributed by atoms with Gasteiger partial charge in [-0.2, -0.15) is 0 Å². The molecule has 0 aliphatic carbocycles. The maximum atomic E-state index is 13.1. The highest BCUT2D eigenvalue weighted by molar-refractivity contribution is 6.04. The summed E-state index contributed by atoms with van der Waals surface area (Å²) in [6, 6.07) is 9.90. The highest BCUT2D eigenvalue weighted by Gasteiger charge is 2.21. The highest BCUT2D eigenvalue weighted by atomic mass is 16.1. The number of hydrogen-bond donors (Lipinski definition) is 2. The van der Waals surface area contributed by atoms with Crippen molar-refractivity contribution in [2.75, 3.05) is 41.7 Å². The standard InChI is InChI=1S/C29H35N9O/c1-19(2)37-10-12-38(13-11-37)26-15-21(8-9-31-26)27(39)35-28-32-16-22-7-6-20(14-23(22)34-28)24-17-30-18-25(33-24)36-29(3,4)5/h6-9,14-19H,10-13H2,1-5H3,(H,33,36)(H,32,34,35,39). The minimum Gasteiger partial charge on any atom is -0.364 e. The molecule has 4 heterocycles. The zero-order chi connectivity index (χ0) is 27.6. The van der Waals surface area contributed by atoms with Gasteiger partial charge < -0.3 is 10.2 Å². The minimum absolute atomic E-state index is 0.130. The van der Waals surface area contributed by atoms with Crippen molar-refractivity contribution in [1.29, 1.82) is 0 Å². The second-order valence-electron chi connectivity index (χ2n) is 11.1. The van der Waals surface area contributed by atoms with E-state index in [-0.39, 0.29) is 17.4 Å². The molecular weight excluding hydrogens is 490 g/mol. The quantitative estimate of drug-likeness (QED) is 0.376. The lowest BCUT2D eigenvalue weighted by Crippen LogP contribution is -2.49. The Morgan fingerprint density at radius 2 is 1.74 bits per heavy atom. The molecule has 1 aliphatic rings. The second-order valence-corrected chi connectivity index (χ2v) is 11.1. The topological polar surface area (TPSA) is 112 Å². The molecule has 1 saturated heterocycles. The number of nitrogens with zero attached hydrogens (tertiary/aromatic N) is 7. The number of benzene rings is 1. The molecule has 1 aliphatic heterocycles. The molecule has 2 N–H and O–H groups in total. The van der Waals surface area contributed by atoms with Gasteiger partial charge in [0, 0.05) is 66.7 Å². The lowest BCUT2D eigenvalue weighted by Gasteiger charge is -2.37. The van der Waals surface area contributed by atoms with Gasteiger partial charge in [0.15, 0.2) is 0 Å². The number of amides is 1. The van der Waals surface area contributed by atoms with Crippen molar-refractivity contribution in [3.8, 4) is 11.3 Å². The van der Waals surface area contributed by atoms with Gasteiger partial charge in [-0.3, -0.25) is 20.0 Å². The SMILES string of the molecule is CC(C)N1CCN(c2cc(C(=O)Nc3ncc4ccc(-c5cncc(NC(C)(C)C)n5)cc4n3)ccn2)CC1. The Balaban J connectivity index is 1.32. The van der Waals surface area contributed by atoms with E-state index in [2.05, 4.69) is 75.0 Å². The van der Waals surface area contributed by atoms with E-state index in [9.17, 15) is 4.79 Å². The predicted molar refractivity (Wildman–Crippen MR) is 155 cm³/mol. The van der Waals surface area contributed by atoms with Gasteiger partial charge in [-0.1, -0.05) is 12.1 Å².